The fraction of sp³-hybridized carbons (Fsp3) is 0.845. The number of carbonyl (C=O) groups is 3. The Hall–Kier alpha value is -2.37. The third-order valence-electron chi connectivity index (χ3n) is 12.9. The SMILES string of the molecule is CCCCCCCC/C=C\CCCCCCCC(=O)OCC(CCCCCCCCC/C=C\CCCCCCCC(=O)O)CCCCCCCCC/C=C\CCCCCCCC(=O)O. The number of unbranched alkanes of at least 4 members (excludes halogenated alkanes) is 35. The van der Waals surface area contributed by atoms with Gasteiger partial charge in [-0.1, -0.05) is 210 Å². The molecule has 2 N–H and O–H groups in total. The molecule has 0 aromatic heterocycles. The summed E-state index contributed by atoms with van der Waals surface area (Å²) in [6.45, 7) is 2.89. The molecule has 0 aliphatic heterocycles. The predicted molar refractivity (Wildman–Crippen MR) is 275 cm³/mol. The second-order valence-electron chi connectivity index (χ2n) is 19.3. The highest BCUT2D eigenvalue weighted by atomic mass is 16.5. The molecule has 64 heavy (non-hydrogen) atoms. The molecule has 0 unspecified atom stereocenters. The van der Waals surface area contributed by atoms with E-state index < -0.39 is 11.9 Å². The summed E-state index contributed by atoms with van der Waals surface area (Å²) in [7, 11) is 0. The molecular weight excluding hydrogens is 793 g/mol. The van der Waals surface area contributed by atoms with Gasteiger partial charge in [-0.15, -0.1) is 0 Å². The van der Waals surface area contributed by atoms with Crippen LogP contribution in [-0.4, -0.2) is 34.7 Å². The first-order valence-corrected chi connectivity index (χ1v) is 28.0. The number of aliphatic carboxylic acids is 2. The number of carboxylic acid groups (broad SMARTS) is 2. The fourth-order valence-corrected chi connectivity index (χ4v) is 8.70. The van der Waals surface area contributed by atoms with E-state index in [0.717, 1.165) is 64.2 Å². The van der Waals surface area contributed by atoms with E-state index in [0.29, 0.717) is 31.8 Å². The Balaban J connectivity index is 4.18. The van der Waals surface area contributed by atoms with Crippen molar-refractivity contribution in [2.24, 2.45) is 5.92 Å². The normalized spacial score (nSPS) is 11.9. The number of hydrogen-bond donors (Lipinski definition) is 2. The van der Waals surface area contributed by atoms with Crippen LogP contribution in [0.5, 0.6) is 0 Å². The molecule has 0 heterocycles. The lowest BCUT2D eigenvalue weighted by Gasteiger charge is -2.17. The molecule has 0 spiro atoms. The predicted octanol–water partition coefficient (Wildman–Crippen LogP) is 18.9. The topological polar surface area (TPSA) is 101 Å². The van der Waals surface area contributed by atoms with Gasteiger partial charge in [0.25, 0.3) is 0 Å². The Morgan fingerprint density at radius 3 is 0.891 bits per heavy atom. The Morgan fingerprint density at radius 1 is 0.344 bits per heavy atom. The van der Waals surface area contributed by atoms with Gasteiger partial charge in [0.15, 0.2) is 0 Å². The minimum atomic E-state index is -0.676. The summed E-state index contributed by atoms with van der Waals surface area (Å²) in [6.07, 6.45) is 68.0. The molecule has 0 radical (unpaired) electrons. The minimum Gasteiger partial charge on any atom is -0.481 e. The standard InChI is InChI=1S/C58H106O6/c1-2-3-4-5-6-7-8-9-14-23-28-33-38-43-48-53-58(63)64-54-55(49-44-39-34-29-24-19-15-10-12-17-21-26-31-36-41-46-51-56(59)60)50-45-40-35-30-25-20-16-11-13-18-22-27-32-37-42-47-52-57(61)62/h9,12-14,17-18,55H,2-8,10-11,15-16,19-54H2,1H3,(H,59,60)(H,61,62)/b14-9-,17-12-,18-13-. The Kier molecular flexibility index (Phi) is 51.3. The molecule has 374 valence electrons. The van der Waals surface area contributed by atoms with Gasteiger partial charge in [-0.25, -0.2) is 0 Å². The molecule has 6 nitrogen and oxygen atoms in total. The van der Waals surface area contributed by atoms with Crippen molar-refractivity contribution >= 4 is 17.9 Å². The van der Waals surface area contributed by atoms with E-state index in [2.05, 4.69) is 43.4 Å². The van der Waals surface area contributed by atoms with Crippen molar-refractivity contribution in [3.8, 4) is 0 Å². The maximum atomic E-state index is 12.7. The number of esters is 1. The van der Waals surface area contributed by atoms with Gasteiger partial charge in [-0.05, 0) is 115 Å². The second-order valence-corrected chi connectivity index (χ2v) is 19.3. The molecule has 0 aliphatic rings. The zero-order chi connectivity index (χ0) is 46.5. The van der Waals surface area contributed by atoms with E-state index in [1.807, 2.05) is 0 Å². The highest BCUT2D eigenvalue weighted by Crippen LogP contribution is 2.21. The first-order valence-electron chi connectivity index (χ1n) is 28.0. The first kappa shape index (κ1) is 61.6. The molecule has 0 saturated carbocycles. The molecule has 0 bridgehead atoms. The van der Waals surface area contributed by atoms with Crippen molar-refractivity contribution in [2.45, 2.75) is 302 Å². The van der Waals surface area contributed by atoms with Crippen molar-refractivity contribution < 1.29 is 29.3 Å². The van der Waals surface area contributed by atoms with E-state index in [-0.39, 0.29) is 5.97 Å². The average Bonchev–Trinajstić information content (AvgIpc) is 3.28. The minimum absolute atomic E-state index is 0.0160. The molecular formula is C58H106O6. The zero-order valence-electron chi connectivity index (χ0n) is 42.3. The molecule has 0 amide bonds. The van der Waals surface area contributed by atoms with Gasteiger partial charge in [-0.3, -0.25) is 14.4 Å². The molecule has 6 heteroatoms. The van der Waals surface area contributed by atoms with Crippen molar-refractivity contribution in [3.63, 3.8) is 0 Å². The van der Waals surface area contributed by atoms with Crippen LogP contribution in [-0.2, 0) is 19.1 Å². The summed E-state index contributed by atoms with van der Waals surface area (Å²) in [4.78, 5) is 33.9. The average molecular weight is 899 g/mol. The number of hydrogen-bond acceptors (Lipinski definition) is 4. The summed E-state index contributed by atoms with van der Waals surface area (Å²) < 4.78 is 5.91. The lowest BCUT2D eigenvalue weighted by atomic mass is 9.94. The summed E-state index contributed by atoms with van der Waals surface area (Å²) >= 11 is 0. The van der Waals surface area contributed by atoms with E-state index in [1.165, 1.54) is 212 Å². The van der Waals surface area contributed by atoms with E-state index in [4.69, 9.17) is 14.9 Å². The number of allylic oxidation sites excluding steroid dienone is 6. The largest absolute Gasteiger partial charge is 0.481 e. The number of carbonyl (C=O) groups excluding carboxylic acids is 1. The van der Waals surface area contributed by atoms with E-state index >= 15 is 0 Å². The first-order chi connectivity index (χ1) is 31.5. The lowest BCUT2D eigenvalue weighted by molar-refractivity contribution is -0.145. The third kappa shape index (κ3) is 54.0. The summed E-state index contributed by atoms with van der Waals surface area (Å²) in [5.74, 6) is -0.830. The molecule has 0 rings (SSSR count). The van der Waals surface area contributed by atoms with Crippen molar-refractivity contribution in [3.05, 3.63) is 36.5 Å². The van der Waals surface area contributed by atoms with Crippen molar-refractivity contribution in [1.29, 1.82) is 0 Å². The highest BCUT2D eigenvalue weighted by Gasteiger charge is 2.12. The van der Waals surface area contributed by atoms with Gasteiger partial charge in [-0.2, -0.15) is 0 Å². The van der Waals surface area contributed by atoms with Gasteiger partial charge in [0.05, 0.1) is 6.61 Å². The quantitative estimate of drug-likeness (QED) is 0.0358. The lowest BCUT2D eigenvalue weighted by Crippen LogP contribution is -2.14. The molecule has 0 aromatic rings. The molecule has 0 fully saturated rings. The fourth-order valence-electron chi connectivity index (χ4n) is 8.70. The Labute approximate surface area is 397 Å². The Bertz CT molecular complexity index is 1020. The van der Waals surface area contributed by atoms with Crippen LogP contribution >= 0.6 is 0 Å². The van der Waals surface area contributed by atoms with Crippen molar-refractivity contribution in [1.82, 2.24) is 0 Å². The van der Waals surface area contributed by atoms with Gasteiger partial charge in [0, 0.05) is 19.3 Å². The molecule has 0 saturated heterocycles. The second kappa shape index (κ2) is 53.2. The number of carboxylic acids is 2. The van der Waals surface area contributed by atoms with Gasteiger partial charge in [0.2, 0.25) is 0 Å². The summed E-state index contributed by atoms with van der Waals surface area (Å²) in [6, 6.07) is 0. The van der Waals surface area contributed by atoms with Crippen LogP contribution in [0.2, 0.25) is 0 Å². The molecule has 0 aromatic carbocycles. The van der Waals surface area contributed by atoms with Gasteiger partial charge in [0.1, 0.15) is 0 Å². The monoisotopic (exact) mass is 899 g/mol. The van der Waals surface area contributed by atoms with Crippen molar-refractivity contribution in [2.75, 3.05) is 6.61 Å². The van der Waals surface area contributed by atoms with Crippen LogP contribution in [0.25, 0.3) is 0 Å². The van der Waals surface area contributed by atoms with Gasteiger partial charge < -0.3 is 14.9 Å². The van der Waals surface area contributed by atoms with Gasteiger partial charge >= 0.3 is 17.9 Å². The molecule has 0 atom stereocenters. The summed E-state index contributed by atoms with van der Waals surface area (Å²) in [5.41, 5.74) is 0. The zero-order valence-corrected chi connectivity index (χ0v) is 42.3. The van der Waals surface area contributed by atoms with Crippen LogP contribution in [0.15, 0.2) is 36.5 Å². The number of rotatable bonds is 53. The van der Waals surface area contributed by atoms with E-state index in [1.54, 1.807) is 0 Å². The third-order valence-corrected chi connectivity index (χ3v) is 12.9. The number of ether oxygens (including phenoxy) is 1. The van der Waals surface area contributed by atoms with Crippen LogP contribution in [0.3, 0.4) is 0 Å². The Morgan fingerprint density at radius 2 is 0.594 bits per heavy atom. The van der Waals surface area contributed by atoms with E-state index in [9.17, 15) is 14.4 Å². The maximum absolute atomic E-state index is 12.7. The maximum Gasteiger partial charge on any atom is 0.305 e. The van der Waals surface area contributed by atoms with Crippen LogP contribution in [0, 0.1) is 5.92 Å². The van der Waals surface area contributed by atoms with Crippen LogP contribution in [0.1, 0.15) is 302 Å². The highest BCUT2D eigenvalue weighted by molar-refractivity contribution is 5.69. The molecule has 0 aliphatic carbocycles. The smallest absolute Gasteiger partial charge is 0.305 e. The summed E-state index contributed by atoms with van der Waals surface area (Å²) in [5, 5.41) is 17.4. The van der Waals surface area contributed by atoms with Crippen LogP contribution < -0.4 is 0 Å². The van der Waals surface area contributed by atoms with Crippen LogP contribution in [0.4, 0.5) is 0 Å².